The summed E-state index contributed by atoms with van der Waals surface area (Å²) < 4.78 is 0. The Bertz CT molecular complexity index is 431. The molecule has 0 spiro atoms. The fraction of sp³-hybridized carbons (Fsp3) is 0.500. The maximum Gasteiger partial charge on any atom is 0.163 e. The third-order valence-electron chi connectivity index (χ3n) is 3.57. The molecule has 0 aromatic heterocycles. The van der Waals surface area contributed by atoms with E-state index >= 15 is 0 Å². The van der Waals surface area contributed by atoms with Crippen LogP contribution in [0.25, 0.3) is 0 Å². The number of carbonyl (C=O) groups is 1. The number of hydrogen-bond acceptors (Lipinski definition) is 3. The molecule has 2 N–H and O–H groups in total. The van der Waals surface area contributed by atoms with Crippen molar-refractivity contribution >= 4 is 5.78 Å². The Morgan fingerprint density at radius 1 is 1.12 bits per heavy atom. The smallest absolute Gasteiger partial charge is 0.163 e. The third kappa shape index (κ3) is 2.43. The predicted octanol–water partition coefficient (Wildman–Crippen LogP) is 3.35. The second-order valence-corrected chi connectivity index (χ2v) is 4.82. The molecule has 3 nitrogen and oxygen atoms in total. The van der Waals surface area contributed by atoms with Gasteiger partial charge in [0.1, 0.15) is 11.5 Å². The van der Waals surface area contributed by atoms with Gasteiger partial charge in [0, 0.05) is 6.07 Å². The van der Waals surface area contributed by atoms with Crippen molar-refractivity contribution in [3.05, 3.63) is 23.3 Å². The van der Waals surface area contributed by atoms with Crippen LogP contribution in [0.2, 0.25) is 0 Å². The highest BCUT2D eigenvalue weighted by atomic mass is 16.3. The predicted molar refractivity (Wildman–Crippen MR) is 65.6 cm³/mol. The molecule has 0 unspecified atom stereocenters. The van der Waals surface area contributed by atoms with Crippen LogP contribution >= 0.6 is 0 Å². The summed E-state index contributed by atoms with van der Waals surface area (Å²) in [6.07, 6.45) is 5.68. The van der Waals surface area contributed by atoms with Gasteiger partial charge in [0.05, 0.1) is 5.56 Å². The molecule has 0 bridgehead atoms. The van der Waals surface area contributed by atoms with Gasteiger partial charge in [-0.25, -0.2) is 0 Å². The molecular weight excluding hydrogens is 216 g/mol. The van der Waals surface area contributed by atoms with Crippen molar-refractivity contribution in [3.8, 4) is 11.5 Å². The summed E-state index contributed by atoms with van der Waals surface area (Å²) in [6.45, 7) is 1.43. The molecule has 0 atom stereocenters. The quantitative estimate of drug-likeness (QED) is 0.771. The largest absolute Gasteiger partial charge is 0.508 e. The molecule has 17 heavy (non-hydrogen) atoms. The lowest BCUT2D eigenvalue weighted by Gasteiger charge is -2.23. The molecule has 3 heteroatoms. The van der Waals surface area contributed by atoms with E-state index in [1.165, 1.54) is 32.3 Å². The standard InChI is InChI=1S/C14H18O3/c1-9(15)11-7-12(14(17)8-13(11)16)10-5-3-2-4-6-10/h7-8,10,16-17H,2-6H2,1H3. The molecule has 1 aromatic carbocycles. The van der Waals surface area contributed by atoms with Crippen molar-refractivity contribution < 1.29 is 15.0 Å². The molecule has 0 radical (unpaired) electrons. The first kappa shape index (κ1) is 12.0. The average Bonchev–Trinajstić information content (AvgIpc) is 2.29. The Balaban J connectivity index is 2.38. The van der Waals surface area contributed by atoms with Crippen LogP contribution in [0.1, 0.15) is 60.9 Å². The fourth-order valence-corrected chi connectivity index (χ4v) is 2.62. The minimum atomic E-state index is -0.167. The van der Waals surface area contributed by atoms with Gasteiger partial charge in [-0.15, -0.1) is 0 Å². The maximum absolute atomic E-state index is 11.4. The summed E-state index contributed by atoms with van der Waals surface area (Å²) >= 11 is 0. The third-order valence-corrected chi connectivity index (χ3v) is 3.57. The Morgan fingerprint density at radius 2 is 1.76 bits per heavy atom. The minimum absolute atomic E-state index is 0.111. The van der Waals surface area contributed by atoms with E-state index in [-0.39, 0.29) is 17.3 Å². The van der Waals surface area contributed by atoms with Crippen molar-refractivity contribution in [3.63, 3.8) is 0 Å². The van der Waals surface area contributed by atoms with Gasteiger partial charge in [-0.3, -0.25) is 4.79 Å². The first-order valence-electron chi connectivity index (χ1n) is 6.16. The topological polar surface area (TPSA) is 57.5 Å². The number of benzene rings is 1. The van der Waals surface area contributed by atoms with Crippen molar-refractivity contribution in [2.24, 2.45) is 0 Å². The fourth-order valence-electron chi connectivity index (χ4n) is 2.62. The summed E-state index contributed by atoms with van der Waals surface area (Å²) in [7, 11) is 0. The van der Waals surface area contributed by atoms with Crippen LogP contribution < -0.4 is 0 Å². The second-order valence-electron chi connectivity index (χ2n) is 4.82. The van der Waals surface area contributed by atoms with Gasteiger partial charge in [-0.05, 0) is 37.3 Å². The molecule has 1 aliphatic rings. The van der Waals surface area contributed by atoms with E-state index in [1.807, 2.05) is 0 Å². The Labute approximate surface area is 101 Å². The number of carbonyl (C=O) groups excluding carboxylic acids is 1. The van der Waals surface area contributed by atoms with Crippen LogP contribution in [-0.2, 0) is 0 Å². The number of Topliss-reactive ketones (excluding diaryl/α,β-unsaturated/α-hetero) is 1. The van der Waals surface area contributed by atoms with Crippen LogP contribution in [0, 0.1) is 0 Å². The zero-order valence-corrected chi connectivity index (χ0v) is 10.1. The molecule has 0 amide bonds. The minimum Gasteiger partial charge on any atom is -0.508 e. The number of phenols is 2. The molecule has 0 aliphatic heterocycles. The maximum atomic E-state index is 11.4. The number of phenolic OH excluding ortho intramolecular Hbond substituents is 2. The molecule has 92 valence electrons. The summed E-state index contributed by atoms with van der Waals surface area (Å²) in [5.74, 6) is 0.135. The first-order valence-corrected chi connectivity index (χ1v) is 6.16. The number of hydrogen-bond donors (Lipinski definition) is 2. The molecule has 1 aromatic rings. The van der Waals surface area contributed by atoms with Crippen LogP contribution in [0.3, 0.4) is 0 Å². The number of aromatic hydroxyl groups is 2. The van der Waals surface area contributed by atoms with E-state index in [9.17, 15) is 15.0 Å². The second kappa shape index (κ2) is 4.78. The molecule has 1 fully saturated rings. The van der Waals surface area contributed by atoms with Crippen LogP contribution in [-0.4, -0.2) is 16.0 Å². The number of ketones is 1. The average molecular weight is 234 g/mol. The highest BCUT2D eigenvalue weighted by Crippen LogP contribution is 2.39. The summed E-state index contributed by atoms with van der Waals surface area (Å²) in [5, 5.41) is 19.5. The van der Waals surface area contributed by atoms with E-state index in [1.54, 1.807) is 6.07 Å². The summed E-state index contributed by atoms with van der Waals surface area (Å²) in [6, 6.07) is 2.95. The van der Waals surface area contributed by atoms with Crippen molar-refractivity contribution in [1.82, 2.24) is 0 Å². The first-order chi connectivity index (χ1) is 8.09. The monoisotopic (exact) mass is 234 g/mol. The van der Waals surface area contributed by atoms with Gasteiger partial charge in [-0.1, -0.05) is 19.3 Å². The molecule has 1 saturated carbocycles. The van der Waals surface area contributed by atoms with Gasteiger partial charge in [0.15, 0.2) is 5.78 Å². The summed E-state index contributed by atoms with van der Waals surface area (Å²) in [5.41, 5.74) is 1.12. The van der Waals surface area contributed by atoms with Gasteiger partial charge >= 0.3 is 0 Å². The SMILES string of the molecule is CC(=O)c1cc(C2CCCCC2)c(O)cc1O. The van der Waals surface area contributed by atoms with Crippen LogP contribution in [0.5, 0.6) is 11.5 Å². The van der Waals surface area contributed by atoms with Crippen molar-refractivity contribution in [2.45, 2.75) is 44.9 Å². The van der Waals surface area contributed by atoms with Crippen molar-refractivity contribution in [2.75, 3.05) is 0 Å². The van der Waals surface area contributed by atoms with Gasteiger partial charge < -0.3 is 10.2 Å². The highest BCUT2D eigenvalue weighted by molar-refractivity contribution is 5.97. The van der Waals surface area contributed by atoms with Crippen LogP contribution in [0.4, 0.5) is 0 Å². The van der Waals surface area contributed by atoms with Crippen molar-refractivity contribution in [1.29, 1.82) is 0 Å². The van der Waals surface area contributed by atoms with E-state index in [2.05, 4.69) is 0 Å². The molecule has 0 saturated heterocycles. The highest BCUT2D eigenvalue weighted by Gasteiger charge is 2.21. The lowest BCUT2D eigenvalue weighted by atomic mass is 9.83. The van der Waals surface area contributed by atoms with E-state index in [4.69, 9.17) is 0 Å². The zero-order valence-electron chi connectivity index (χ0n) is 10.1. The molecular formula is C14H18O3. The number of rotatable bonds is 2. The zero-order chi connectivity index (χ0) is 12.4. The Morgan fingerprint density at radius 3 is 2.35 bits per heavy atom. The normalized spacial score (nSPS) is 17.0. The van der Waals surface area contributed by atoms with Gasteiger partial charge in [0.25, 0.3) is 0 Å². The van der Waals surface area contributed by atoms with E-state index in [0.29, 0.717) is 11.5 Å². The molecule has 2 rings (SSSR count). The van der Waals surface area contributed by atoms with Gasteiger partial charge in [-0.2, -0.15) is 0 Å². The Hall–Kier alpha value is -1.51. The Kier molecular flexibility index (Phi) is 3.36. The van der Waals surface area contributed by atoms with Gasteiger partial charge in [0.2, 0.25) is 0 Å². The lowest BCUT2D eigenvalue weighted by Crippen LogP contribution is -2.06. The lowest BCUT2D eigenvalue weighted by molar-refractivity contribution is 0.101. The molecule has 1 aliphatic carbocycles. The molecule has 0 heterocycles. The summed E-state index contributed by atoms with van der Waals surface area (Å²) in [4.78, 5) is 11.4. The van der Waals surface area contributed by atoms with Crippen LogP contribution in [0.15, 0.2) is 12.1 Å². The van der Waals surface area contributed by atoms with E-state index in [0.717, 1.165) is 18.4 Å². The van der Waals surface area contributed by atoms with E-state index < -0.39 is 0 Å².